The van der Waals surface area contributed by atoms with Crippen molar-refractivity contribution in [3.63, 3.8) is 0 Å². The number of hydrogen-bond donors (Lipinski definition) is 0. The highest BCUT2D eigenvalue weighted by atomic mass is 32.2. The van der Waals surface area contributed by atoms with E-state index in [4.69, 9.17) is 4.42 Å². The molecule has 0 spiro atoms. The number of carbonyl (C=O) groups excluding carboxylic acids is 1. The molecule has 6 rings (SSSR count). The van der Waals surface area contributed by atoms with Crippen LogP contribution in [0.2, 0.25) is 0 Å². The first-order valence-electron chi connectivity index (χ1n) is 10.8. The van der Waals surface area contributed by atoms with Crippen molar-refractivity contribution in [3.05, 3.63) is 5.89 Å². The lowest BCUT2D eigenvalue weighted by molar-refractivity contribution is -0.134. The first-order valence-corrected chi connectivity index (χ1v) is 11.8. The van der Waals surface area contributed by atoms with Crippen LogP contribution in [0.1, 0.15) is 77.5 Å². The van der Waals surface area contributed by atoms with Crippen LogP contribution in [0.4, 0.5) is 0 Å². The highest BCUT2D eigenvalue weighted by Gasteiger charge is 2.54. The average Bonchev–Trinajstić information content (AvgIpc) is 3.08. The summed E-state index contributed by atoms with van der Waals surface area (Å²) in [4.78, 5) is 14.8. The fraction of sp³-hybridized carbons (Fsp3) is 0.857. The van der Waals surface area contributed by atoms with Crippen LogP contribution in [0.15, 0.2) is 9.64 Å². The van der Waals surface area contributed by atoms with Crippen LogP contribution in [0, 0.1) is 17.8 Å². The first kappa shape index (κ1) is 18.0. The zero-order chi connectivity index (χ0) is 18.6. The van der Waals surface area contributed by atoms with E-state index in [1.54, 1.807) is 0 Å². The number of aromatic nitrogens is 2. The van der Waals surface area contributed by atoms with Crippen molar-refractivity contribution in [2.45, 2.75) is 94.4 Å². The highest BCUT2D eigenvalue weighted by molar-refractivity contribution is 7.99. The minimum Gasteiger partial charge on any atom is -0.415 e. The quantitative estimate of drug-likeness (QED) is 0.714. The summed E-state index contributed by atoms with van der Waals surface area (Å²) in [6.07, 6.45) is 11.4. The maximum absolute atomic E-state index is 12.7. The van der Waals surface area contributed by atoms with E-state index in [2.05, 4.69) is 28.9 Å². The normalized spacial score (nSPS) is 40.5. The largest absolute Gasteiger partial charge is 0.415 e. The summed E-state index contributed by atoms with van der Waals surface area (Å²) < 4.78 is 6.13. The van der Waals surface area contributed by atoms with E-state index in [-0.39, 0.29) is 11.3 Å². The summed E-state index contributed by atoms with van der Waals surface area (Å²) in [5.74, 6) is 4.05. The number of thioether (sulfide) groups is 1. The molecule has 1 amide bonds. The van der Waals surface area contributed by atoms with Gasteiger partial charge in [-0.25, -0.2) is 0 Å². The molecular weight excluding hydrogens is 358 g/mol. The fourth-order valence-electron chi connectivity index (χ4n) is 6.97. The zero-order valence-electron chi connectivity index (χ0n) is 16.5. The van der Waals surface area contributed by atoms with E-state index in [1.807, 2.05) is 0 Å². The third-order valence-corrected chi connectivity index (χ3v) is 8.50. The monoisotopic (exact) mass is 389 g/mol. The summed E-state index contributed by atoms with van der Waals surface area (Å²) in [5.41, 5.74) is 0.139. The smallest absolute Gasteiger partial charge is 0.277 e. The van der Waals surface area contributed by atoms with Crippen molar-refractivity contribution in [1.29, 1.82) is 0 Å². The predicted octanol–water partition coefficient (Wildman–Crippen LogP) is 4.42. The average molecular weight is 390 g/mol. The molecule has 2 atom stereocenters. The van der Waals surface area contributed by atoms with Crippen LogP contribution in [0.5, 0.6) is 0 Å². The Kier molecular flexibility index (Phi) is 4.53. The van der Waals surface area contributed by atoms with Crippen molar-refractivity contribution in [2.24, 2.45) is 17.8 Å². The number of hydrogen-bond acceptors (Lipinski definition) is 5. The van der Waals surface area contributed by atoms with Gasteiger partial charge in [0.2, 0.25) is 11.8 Å². The van der Waals surface area contributed by atoms with Gasteiger partial charge in [0, 0.05) is 17.5 Å². The van der Waals surface area contributed by atoms with Gasteiger partial charge in [0.05, 0.1) is 5.75 Å². The van der Waals surface area contributed by atoms with E-state index in [0.717, 1.165) is 36.5 Å². The minimum absolute atomic E-state index is 0.139. The second kappa shape index (κ2) is 6.78. The van der Waals surface area contributed by atoms with E-state index in [1.165, 1.54) is 56.7 Å². The standard InChI is InChI=1S/C21H31N3O2S/c1-13-4-3-5-14(2)24(13)18(25)12-27-20-23-22-19(26-20)21-9-15-6-16(10-21)8-17(7-15)11-21/h13-17H,3-12H2,1-2H3/t13-,14-,15?,16?,17?,21?/m0/s1. The van der Waals surface area contributed by atoms with Crippen molar-refractivity contribution >= 4 is 17.7 Å². The lowest BCUT2D eigenvalue weighted by Crippen LogP contribution is -2.48. The molecule has 5 nitrogen and oxygen atoms in total. The summed E-state index contributed by atoms with van der Waals surface area (Å²) in [7, 11) is 0. The Morgan fingerprint density at radius 3 is 2.26 bits per heavy atom. The van der Waals surface area contributed by atoms with Gasteiger partial charge < -0.3 is 9.32 Å². The lowest BCUT2D eigenvalue weighted by atomic mass is 9.49. The second-order valence-corrected chi connectivity index (χ2v) is 10.7. The van der Waals surface area contributed by atoms with Crippen molar-refractivity contribution in [3.8, 4) is 0 Å². The molecule has 0 aromatic carbocycles. The van der Waals surface area contributed by atoms with Gasteiger partial charge in [-0.1, -0.05) is 11.8 Å². The van der Waals surface area contributed by atoms with Crippen LogP contribution < -0.4 is 0 Å². The molecule has 2 heterocycles. The van der Waals surface area contributed by atoms with E-state index in [0.29, 0.717) is 23.1 Å². The summed E-state index contributed by atoms with van der Waals surface area (Å²) >= 11 is 1.42. The molecule has 6 heteroatoms. The van der Waals surface area contributed by atoms with Crippen molar-refractivity contribution in [2.75, 3.05) is 5.75 Å². The number of likely N-dealkylation sites (tertiary alicyclic amines) is 1. The molecule has 1 aromatic heterocycles. The maximum Gasteiger partial charge on any atom is 0.277 e. The molecular formula is C21H31N3O2S. The third-order valence-electron chi connectivity index (χ3n) is 7.70. The summed E-state index contributed by atoms with van der Waals surface area (Å²) in [5, 5.41) is 9.34. The maximum atomic E-state index is 12.7. The van der Waals surface area contributed by atoms with Crippen LogP contribution in [-0.4, -0.2) is 38.8 Å². The number of rotatable bonds is 4. The van der Waals surface area contributed by atoms with Gasteiger partial charge >= 0.3 is 0 Å². The Bertz CT molecular complexity index is 673. The zero-order valence-corrected chi connectivity index (χ0v) is 17.3. The highest BCUT2D eigenvalue weighted by Crippen LogP contribution is 2.60. The molecule has 5 fully saturated rings. The molecule has 1 saturated heterocycles. The van der Waals surface area contributed by atoms with E-state index < -0.39 is 0 Å². The van der Waals surface area contributed by atoms with Gasteiger partial charge in [-0.15, -0.1) is 10.2 Å². The molecule has 0 radical (unpaired) electrons. The van der Waals surface area contributed by atoms with Crippen LogP contribution in [0.25, 0.3) is 0 Å². The lowest BCUT2D eigenvalue weighted by Gasteiger charge is -2.55. The molecule has 0 N–H and O–H groups in total. The molecule has 4 saturated carbocycles. The Morgan fingerprint density at radius 2 is 1.67 bits per heavy atom. The van der Waals surface area contributed by atoms with Gasteiger partial charge in [-0.05, 0) is 89.4 Å². The van der Waals surface area contributed by atoms with Gasteiger partial charge in [0.1, 0.15) is 0 Å². The molecule has 0 unspecified atom stereocenters. The molecule has 4 aliphatic carbocycles. The topological polar surface area (TPSA) is 59.2 Å². The predicted molar refractivity (Wildman–Crippen MR) is 104 cm³/mol. The van der Waals surface area contributed by atoms with Gasteiger partial charge in [-0.3, -0.25) is 4.79 Å². The van der Waals surface area contributed by atoms with Crippen molar-refractivity contribution in [1.82, 2.24) is 15.1 Å². The number of amides is 1. The van der Waals surface area contributed by atoms with Gasteiger partial charge in [0.25, 0.3) is 5.22 Å². The van der Waals surface area contributed by atoms with Crippen LogP contribution >= 0.6 is 11.8 Å². The number of piperidine rings is 1. The SMILES string of the molecule is C[C@H]1CCC[C@H](C)N1C(=O)CSc1nnc(C23CC4CC(CC(C4)C2)C3)o1. The second-order valence-electron chi connectivity index (χ2n) is 9.79. The van der Waals surface area contributed by atoms with Gasteiger partial charge in [-0.2, -0.15) is 0 Å². The Balaban J connectivity index is 1.25. The summed E-state index contributed by atoms with van der Waals surface area (Å²) in [6, 6.07) is 0.680. The van der Waals surface area contributed by atoms with Crippen molar-refractivity contribution < 1.29 is 9.21 Å². The molecule has 4 bridgehead atoms. The minimum atomic E-state index is 0.139. The molecule has 5 aliphatic rings. The Labute approximate surface area is 166 Å². The van der Waals surface area contributed by atoms with E-state index in [9.17, 15) is 4.79 Å². The molecule has 1 aromatic rings. The molecule has 1 aliphatic heterocycles. The number of carbonyl (C=O) groups is 1. The molecule has 27 heavy (non-hydrogen) atoms. The Morgan fingerprint density at radius 1 is 1.07 bits per heavy atom. The van der Waals surface area contributed by atoms with E-state index >= 15 is 0 Å². The van der Waals surface area contributed by atoms with Crippen LogP contribution in [-0.2, 0) is 10.2 Å². The van der Waals surface area contributed by atoms with Gasteiger partial charge in [0.15, 0.2) is 0 Å². The van der Waals surface area contributed by atoms with Crippen LogP contribution in [0.3, 0.4) is 0 Å². The number of nitrogens with zero attached hydrogens (tertiary/aromatic N) is 3. The Hall–Kier alpha value is -1.04. The fourth-order valence-corrected chi connectivity index (χ4v) is 7.60. The third kappa shape index (κ3) is 3.22. The first-order chi connectivity index (χ1) is 13.0. The summed E-state index contributed by atoms with van der Waals surface area (Å²) in [6.45, 7) is 4.33. The molecule has 148 valence electrons.